The SMILES string of the molecule is O=C(Nc1cccc(N2CCNC2=O)c1)C1CSCN1. The van der Waals surface area contributed by atoms with E-state index in [4.69, 9.17) is 0 Å². The molecule has 106 valence electrons. The highest BCUT2D eigenvalue weighted by Gasteiger charge is 2.24. The largest absolute Gasteiger partial charge is 0.336 e. The molecule has 3 amide bonds. The fraction of sp³-hybridized carbons (Fsp3) is 0.385. The van der Waals surface area contributed by atoms with Gasteiger partial charge in [0.25, 0.3) is 0 Å². The van der Waals surface area contributed by atoms with E-state index in [0.717, 1.165) is 17.3 Å². The number of rotatable bonds is 3. The zero-order chi connectivity index (χ0) is 13.9. The van der Waals surface area contributed by atoms with E-state index in [1.807, 2.05) is 24.3 Å². The number of hydrogen-bond acceptors (Lipinski definition) is 4. The van der Waals surface area contributed by atoms with Gasteiger partial charge in [-0.1, -0.05) is 6.07 Å². The van der Waals surface area contributed by atoms with E-state index >= 15 is 0 Å². The van der Waals surface area contributed by atoms with Crippen molar-refractivity contribution in [1.82, 2.24) is 10.6 Å². The molecule has 20 heavy (non-hydrogen) atoms. The van der Waals surface area contributed by atoms with Crippen LogP contribution in [0.15, 0.2) is 24.3 Å². The maximum absolute atomic E-state index is 12.0. The summed E-state index contributed by atoms with van der Waals surface area (Å²) < 4.78 is 0. The summed E-state index contributed by atoms with van der Waals surface area (Å²) in [6.45, 7) is 1.30. The molecule has 2 saturated heterocycles. The second-order valence-corrected chi connectivity index (χ2v) is 5.73. The van der Waals surface area contributed by atoms with Crippen LogP contribution in [0.1, 0.15) is 0 Å². The van der Waals surface area contributed by atoms with Crippen molar-refractivity contribution >= 4 is 35.1 Å². The first-order chi connectivity index (χ1) is 9.74. The lowest BCUT2D eigenvalue weighted by molar-refractivity contribution is -0.117. The van der Waals surface area contributed by atoms with Crippen molar-refractivity contribution in [3.05, 3.63) is 24.3 Å². The molecular formula is C13H16N4O2S. The molecule has 1 unspecified atom stereocenters. The van der Waals surface area contributed by atoms with Crippen LogP contribution in [0.2, 0.25) is 0 Å². The van der Waals surface area contributed by atoms with Gasteiger partial charge >= 0.3 is 6.03 Å². The molecule has 0 spiro atoms. The molecule has 0 aromatic heterocycles. The third kappa shape index (κ3) is 2.73. The lowest BCUT2D eigenvalue weighted by atomic mass is 10.2. The average Bonchev–Trinajstić information content (AvgIpc) is 3.10. The van der Waals surface area contributed by atoms with Gasteiger partial charge in [-0.05, 0) is 18.2 Å². The van der Waals surface area contributed by atoms with E-state index in [9.17, 15) is 9.59 Å². The highest BCUT2D eigenvalue weighted by Crippen LogP contribution is 2.21. The van der Waals surface area contributed by atoms with Gasteiger partial charge in [-0.15, -0.1) is 11.8 Å². The van der Waals surface area contributed by atoms with Crippen molar-refractivity contribution in [2.75, 3.05) is 34.9 Å². The predicted molar refractivity (Wildman–Crippen MR) is 80.1 cm³/mol. The van der Waals surface area contributed by atoms with Crippen LogP contribution in [0.4, 0.5) is 16.2 Å². The van der Waals surface area contributed by atoms with Crippen molar-refractivity contribution in [2.45, 2.75) is 6.04 Å². The Bertz CT molecular complexity index is 531. The van der Waals surface area contributed by atoms with Gasteiger partial charge in [-0.3, -0.25) is 15.0 Å². The van der Waals surface area contributed by atoms with Crippen molar-refractivity contribution in [2.24, 2.45) is 0 Å². The highest BCUT2D eigenvalue weighted by molar-refractivity contribution is 7.99. The Morgan fingerprint density at radius 1 is 1.45 bits per heavy atom. The van der Waals surface area contributed by atoms with Gasteiger partial charge in [-0.2, -0.15) is 0 Å². The van der Waals surface area contributed by atoms with E-state index in [-0.39, 0.29) is 18.0 Å². The first-order valence-electron chi connectivity index (χ1n) is 6.51. The number of carbonyl (C=O) groups is 2. The standard InChI is InChI=1S/C13H16N4O2S/c18-12(11-7-20-8-15-11)16-9-2-1-3-10(6-9)17-5-4-14-13(17)19/h1-3,6,11,15H,4-5,7-8H2,(H,14,19)(H,16,18). The molecule has 0 aliphatic carbocycles. The maximum atomic E-state index is 12.0. The van der Waals surface area contributed by atoms with Crippen molar-refractivity contribution in [3.63, 3.8) is 0 Å². The molecular weight excluding hydrogens is 276 g/mol. The average molecular weight is 292 g/mol. The Morgan fingerprint density at radius 3 is 3.05 bits per heavy atom. The summed E-state index contributed by atoms with van der Waals surface area (Å²) >= 11 is 1.71. The first-order valence-corrected chi connectivity index (χ1v) is 7.67. The summed E-state index contributed by atoms with van der Waals surface area (Å²) in [7, 11) is 0. The Balaban J connectivity index is 1.70. The maximum Gasteiger partial charge on any atom is 0.321 e. The Kier molecular flexibility index (Phi) is 3.79. The molecule has 1 aromatic carbocycles. The number of benzene rings is 1. The molecule has 2 aliphatic heterocycles. The number of nitrogens with zero attached hydrogens (tertiary/aromatic N) is 1. The number of amides is 3. The first kappa shape index (κ1) is 13.3. The number of hydrogen-bond donors (Lipinski definition) is 3. The zero-order valence-corrected chi connectivity index (χ0v) is 11.7. The number of carbonyl (C=O) groups excluding carboxylic acids is 2. The third-order valence-electron chi connectivity index (χ3n) is 3.31. The summed E-state index contributed by atoms with van der Waals surface area (Å²) in [6, 6.07) is 7.13. The van der Waals surface area contributed by atoms with Crippen LogP contribution >= 0.6 is 11.8 Å². The summed E-state index contributed by atoms with van der Waals surface area (Å²) in [5.41, 5.74) is 1.51. The normalized spacial score (nSPS) is 21.9. The van der Waals surface area contributed by atoms with Crippen LogP contribution in [0, 0.1) is 0 Å². The van der Waals surface area contributed by atoms with Gasteiger partial charge in [0.2, 0.25) is 5.91 Å². The van der Waals surface area contributed by atoms with Crippen LogP contribution in [-0.4, -0.2) is 42.7 Å². The lowest BCUT2D eigenvalue weighted by Gasteiger charge is -2.16. The summed E-state index contributed by atoms with van der Waals surface area (Å²) in [5, 5.41) is 8.78. The van der Waals surface area contributed by atoms with Crippen LogP contribution in [0.3, 0.4) is 0 Å². The van der Waals surface area contributed by atoms with Crippen LogP contribution in [0.5, 0.6) is 0 Å². The molecule has 2 heterocycles. The van der Waals surface area contributed by atoms with Gasteiger partial charge in [-0.25, -0.2) is 4.79 Å². The Hall–Kier alpha value is -1.73. The minimum atomic E-state index is -0.140. The minimum absolute atomic E-state index is 0.0296. The molecule has 0 bridgehead atoms. The highest BCUT2D eigenvalue weighted by atomic mass is 32.2. The smallest absolute Gasteiger partial charge is 0.321 e. The minimum Gasteiger partial charge on any atom is -0.336 e. The molecule has 7 heteroatoms. The van der Waals surface area contributed by atoms with Crippen LogP contribution in [0.25, 0.3) is 0 Å². The second kappa shape index (κ2) is 5.72. The molecule has 3 N–H and O–H groups in total. The van der Waals surface area contributed by atoms with E-state index in [1.165, 1.54) is 0 Å². The van der Waals surface area contributed by atoms with Gasteiger partial charge in [0.05, 0.1) is 6.04 Å². The van der Waals surface area contributed by atoms with Crippen molar-refractivity contribution < 1.29 is 9.59 Å². The topological polar surface area (TPSA) is 73.5 Å². The summed E-state index contributed by atoms with van der Waals surface area (Å²) in [5.74, 6) is 1.57. The fourth-order valence-electron chi connectivity index (χ4n) is 2.26. The van der Waals surface area contributed by atoms with E-state index in [2.05, 4.69) is 16.0 Å². The van der Waals surface area contributed by atoms with E-state index in [1.54, 1.807) is 16.7 Å². The molecule has 3 rings (SSSR count). The lowest BCUT2D eigenvalue weighted by Crippen LogP contribution is -2.37. The number of nitrogens with one attached hydrogen (secondary N) is 3. The number of anilines is 2. The molecule has 1 atom stereocenters. The Morgan fingerprint density at radius 2 is 2.35 bits per heavy atom. The van der Waals surface area contributed by atoms with E-state index in [0.29, 0.717) is 18.8 Å². The molecule has 6 nitrogen and oxygen atoms in total. The van der Waals surface area contributed by atoms with Crippen LogP contribution < -0.4 is 20.9 Å². The quantitative estimate of drug-likeness (QED) is 0.771. The second-order valence-electron chi connectivity index (χ2n) is 4.69. The zero-order valence-electron chi connectivity index (χ0n) is 10.9. The number of urea groups is 1. The number of thioether (sulfide) groups is 1. The molecule has 0 saturated carbocycles. The van der Waals surface area contributed by atoms with Gasteiger partial charge in [0.15, 0.2) is 0 Å². The predicted octanol–water partition coefficient (Wildman–Crippen LogP) is 0.817. The fourth-order valence-corrected chi connectivity index (χ4v) is 3.20. The van der Waals surface area contributed by atoms with Crippen molar-refractivity contribution in [1.29, 1.82) is 0 Å². The summed E-state index contributed by atoms with van der Waals surface area (Å²) in [4.78, 5) is 25.3. The van der Waals surface area contributed by atoms with Gasteiger partial charge in [0, 0.05) is 36.1 Å². The Labute approximate surface area is 121 Å². The molecule has 2 fully saturated rings. The molecule has 0 radical (unpaired) electrons. The van der Waals surface area contributed by atoms with Crippen LogP contribution in [-0.2, 0) is 4.79 Å². The third-order valence-corrected chi connectivity index (χ3v) is 4.25. The van der Waals surface area contributed by atoms with Gasteiger partial charge in [0.1, 0.15) is 0 Å². The van der Waals surface area contributed by atoms with Gasteiger partial charge < -0.3 is 10.6 Å². The molecule has 1 aromatic rings. The van der Waals surface area contributed by atoms with Crippen molar-refractivity contribution in [3.8, 4) is 0 Å². The monoisotopic (exact) mass is 292 g/mol. The molecule has 2 aliphatic rings. The van der Waals surface area contributed by atoms with E-state index < -0.39 is 0 Å². The summed E-state index contributed by atoms with van der Waals surface area (Å²) in [6.07, 6.45) is 0.